The Bertz CT molecular complexity index is 573. The van der Waals surface area contributed by atoms with E-state index in [9.17, 15) is 13.5 Å². The number of rotatable bonds is 4. The standard InChI is InChI=1S/C14H22O4S/c1-9-7-10(2)12(11(8-9)18-5)13(15)14(3,4)19(6,16)17/h7-8,13,15H,1-6H3. The summed E-state index contributed by atoms with van der Waals surface area (Å²) in [4.78, 5) is 0. The van der Waals surface area contributed by atoms with Crippen LogP contribution in [0.3, 0.4) is 0 Å². The van der Waals surface area contributed by atoms with E-state index < -0.39 is 20.7 Å². The molecule has 1 atom stereocenters. The minimum atomic E-state index is -3.41. The fourth-order valence-corrected chi connectivity index (χ4v) is 2.53. The van der Waals surface area contributed by atoms with Crippen LogP contribution in [0.2, 0.25) is 0 Å². The summed E-state index contributed by atoms with van der Waals surface area (Å²) in [6.45, 7) is 6.80. The molecule has 0 saturated heterocycles. The molecule has 0 fully saturated rings. The number of aliphatic hydroxyl groups is 1. The fourth-order valence-electron chi connectivity index (χ4n) is 2.01. The largest absolute Gasteiger partial charge is 0.496 e. The van der Waals surface area contributed by atoms with Gasteiger partial charge in [0, 0.05) is 11.8 Å². The average molecular weight is 286 g/mol. The maximum atomic E-state index is 11.8. The van der Waals surface area contributed by atoms with Crippen LogP contribution in [0.4, 0.5) is 0 Å². The summed E-state index contributed by atoms with van der Waals surface area (Å²) < 4.78 is 27.7. The number of aryl methyl sites for hydroxylation is 2. The topological polar surface area (TPSA) is 63.6 Å². The van der Waals surface area contributed by atoms with Crippen LogP contribution in [0.15, 0.2) is 12.1 Å². The first-order valence-corrected chi connectivity index (χ1v) is 7.94. The highest BCUT2D eigenvalue weighted by Gasteiger charge is 2.40. The maximum Gasteiger partial charge on any atom is 0.155 e. The van der Waals surface area contributed by atoms with Gasteiger partial charge in [0.1, 0.15) is 11.9 Å². The van der Waals surface area contributed by atoms with Gasteiger partial charge in [-0.3, -0.25) is 0 Å². The minimum absolute atomic E-state index is 0.515. The lowest BCUT2D eigenvalue weighted by Gasteiger charge is -2.31. The molecule has 0 radical (unpaired) electrons. The van der Waals surface area contributed by atoms with E-state index in [0.29, 0.717) is 11.3 Å². The van der Waals surface area contributed by atoms with E-state index in [-0.39, 0.29) is 0 Å². The molecule has 0 aliphatic rings. The molecule has 0 spiro atoms. The number of aliphatic hydroxyl groups excluding tert-OH is 1. The van der Waals surface area contributed by atoms with Crippen molar-refractivity contribution in [3.8, 4) is 5.75 Å². The lowest BCUT2D eigenvalue weighted by atomic mass is 9.92. The molecule has 0 aromatic heterocycles. The van der Waals surface area contributed by atoms with Crippen LogP contribution in [0, 0.1) is 13.8 Å². The predicted molar refractivity (Wildman–Crippen MR) is 76.4 cm³/mol. The second-order valence-electron chi connectivity index (χ2n) is 5.48. The van der Waals surface area contributed by atoms with Crippen LogP contribution in [0.25, 0.3) is 0 Å². The second-order valence-corrected chi connectivity index (χ2v) is 8.07. The van der Waals surface area contributed by atoms with Gasteiger partial charge in [0.2, 0.25) is 0 Å². The van der Waals surface area contributed by atoms with Crippen molar-refractivity contribution in [1.82, 2.24) is 0 Å². The lowest BCUT2D eigenvalue weighted by molar-refractivity contribution is 0.135. The molecule has 5 heteroatoms. The summed E-state index contributed by atoms with van der Waals surface area (Å²) in [7, 11) is -1.90. The van der Waals surface area contributed by atoms with Crippen molar-refractivity contribution in [1.29, 1.82) is 0 Å². The number of hydrogen-bond acceptors (Lipinski definition) is 4. The van der Waals surface area contributed by atoms with E-state index in [2.05, 4.69) is 0 Å². The molecular formula is C14H22O4S. The van der Waals surface area contributed by atoms with E-state index in [1.165, 1.54) is 21.0 Å². The summed E-state index contributed by atoms with van der Waals surface area (Å²) in [6, 6.07) is 3.70. The van der Waals surface area contributed by atoms with Gasteiger partial charge in [0.05, 0.1) is 11.9 Å². The fraction of sp³-hybridized carbons (Fsp3) is 0.571. The van der Waals surface area contributed by atoms with E-state index >= 15 is 0 Å². The van der Waals surface area contributed by atoms with Crippen molar-refractivity contribution in [3.05, 3.63) is 28.8 Å². The molecule has 0 amide bonds. The predicted octanol–water partition coefficient (Wildman–Crippen LogP) is 2.17. The smallest absolute Gasteiger partial charge is 0.155 e. The molecular weight excluding hydrogens is 264 g/mol. The lowest BCUT2D eigenvalue weighted by Crippen LogP contribution is -2.38. The molecule has 1 rings (SSSR count). The van der Waals surface area contributed by atoms with Gasteiger partial charge in [-0.05, 0) is 44.9 Å². The van der Waals surface area contributed by atoms with E-state index in [1.54, 1.807) is 6.07 Å². The van der Waals surface area contributed by atoms with Crippen molar-refractivity contribution in [2.45, 2.75) is 38.5 Å². The Morgan fingerprint density at radius 3 is 2.21 bits per heavy atom. The molecule has 1 unspecified atom stereocenters. The van der Waals surface area contributed by atoms with Crippen molar-refractivity contribution < 1.29 is 18.3 Å². The Balaban J connectivity index is 3.47. The van der Waals surface area contributed by atoms with E-state index in [1.807, 2.05) is 19.9 Å². The van der Waals surface area contributed by atoms with Gasteiger partial charge in [-0.15, -0.1) is 0 Å². The van der Waals surface area contributed by atoms with Crippen LogP contribution < -0.4 is 4.74 Å². The molecule has 0 bridgehead atoms. The highest BCUT2D eigenvalue weighted by molar-refractivity contribution is 7.92. The van der Waals surface area contributed by atoms with E-state index in [0.717, 1.165) is 17.4 Å². The van der Waals surface area contributed by atoms with Crippen LogP contribution in [0.1, 0.15) is 36.6 Å². The molecule has 1 aromatic rings. The van der Waals surface area contributed by atoms with Gasteiger partial charge in [0.15, 0.2) is 9.84 Å². The number of ether oxygens (including phenoxy) is 1. The third kappa shape index (κ3) is 2.92. The third-order valence-electron chi connectivity index (χ3n) is 3.60. The number of sulfone groups is 1. The highest BCUT2D eigenvalue weighted by atomic mass is 32.2. The Kier molecular flexibility index (Phi) is 4.32. The first kappa shape index (κ1) is 16.0. The van der Waals surface area contributed by atoms with Crippen molar-refractivity contribution in [2.75, 3.05) is 13.4 Å². The van der Waals surface area contributed by atoms with Crippen LogP contribution in [0.5, 0.6) is 5.75 Å². The Labute approximate surface area is 115 Å². The maximum absolute atomic E-state index is 11.8. The normalized spacial score (nSPS) is 14.3. The van der Waals surface area contributed by atoms with Gasteiger partial charge in [-0.25, -0.2) is 8.42 Å². The van der Waals surface area contributed by atoms with Crippen LogP contribution in [-0.4, -0.2) is 31.6 Å². The summed E-state index contributed by atoms with van der Waals surface area (Å²) in [6.07, 6.45) is -0.00952. The number of methoxy groups -OCH3 is 1. The van der Waals surface area contributed by atoms with Crippen LogP contribution >= 0.6 is 0 Å². The van der Waals surface area contributed by atoms with Crippen molar-refractivity contribution >= 4 is 9.84 Å². The summed E-state index contributed by atoms with van der Waals surface area (Å²) in [5.74, 6) is 0.515. The molecule has 0 heterocycles. The third-order valence-corrected chi connectivity index (χ3v) is 5.74. The highest BCUT2D eigenvalue weighted by Crippen LogP contribution is 2.39. The molecule has 0 aliphatic heterocycles. The van der Waals surface area contributed by atoms with Crippen molar-refractivity contribution in [2.24, 2.45) is 0 Å². The molecule has 0 saturated carbocycles. The molecule has 1 N–H and O–H groups in total. The van der Waals surface area contributed by atoms with Crippen molar-refractivity contribution in [3.63, 3.8) is 0 Å². The molecule has 108 valence electrons. The molecule has 19 heavy (non-hydrogen) atoms. The van der Waals surface area contributed by atoms with Crippen LogP contribution in [-0.2, 0) is 9.84 Å². The second kappa shape index (κ2) is 5.13. The van der Waals surface area contributed by atoms with Gasteiger partial charge in [-0.1, -0.05) is 6.07 Å². The monoisotopic (exact) mass is 286 g/mol. The molecule has 0 aliphatic carbocycles. The Morgan fingerprint density at radius 2 is 1.79 bits per heavy atom. The molecule has 4 nitrogen and oxygen atoms in total. The van der Waals surface area contributed by atoms with Gasteiger partial charge in [-0.2, -0.15) is 0 Å². The van der Waals surface area contributed by atoms with E-state index in [4.69, 9.17) is 4.74 Å². The first-order valence-electron chi connectivity index (χ1n) is 6.05. The summed E-state index contributed by atoms with van der Waals surface area (Å²) in [5, 5.41) is 10.5. The average Bonchev–Trinajstić information content (AvgIpc) is 2.25. The zero-order valence-corrected chi connectivity index (χ0v) is 13.1. The summed E-state index contributed by atoms with van der Waals surface area (Å²) >= 11 is 0. The number of hydrogen-bond donors (Lipinski definition) is 1. The Morgan fingerprint density at radius 1 is 1.26 bits per heavy atom. The van der Waals surface area contributed by atoms with Gasteiger partial charge >= 0.3 is 0 Å². The van der Waals surface area contributed by atoms with Gasteiger partial charge < -0.3 is 9.84 Å². The summed E-state index contributed by atoms with van der Waals surface area (Å²) in [5.41, 5.74) is 2.35. The zero-order chi connectivity index (χ0) is 15.0. The molecule has 1 aromatic carbocycles. The quantitative estimate of drug-likeness (QED) is 0.921. The zero-order valence-electron chi connectivity index (χ0n) is 12.3. The van der Waals surface area contributed by atoms with Gasteiger partial charge in [0.25, 0.3) is 0 Å². The number of benzene rings is 1. The Hall–Kier alpha value is -1.07. The SMILES string of the molecule is COc1cc(C)cc(C)c1C(O)C(C)(C)S(C)(=O)=O. The minimum Gasteiger partial charge on any atom is -0.496 e. The first-order chi connectivity index (χ1) is 8.52.